The van der Waals surface area contributed by atoms with Crippen LogP contribution in [0.15, 0.2) is 35.0 Å². The van der Waals surface area contributed by atoms with Gasteiger partial charge in [0, 0.05) is 17.8 Å². The van der Waals surface area contributed by atoms with Gasteiger partial charge in [-0.25, -0.2) is 17.6 Å². The number of carbonyl (C=O) groups excluding carboxylic acids is 2. The minimum absolute atomic E-state index is 0.0931. The highest BCUT2D eigenvalue weighted by atomic mass is 32.1. The molecule has 3 aromatic rings. The SMILES string of the molecule is [2H]C([2H])([2H])Oc1cccc(-c2c(F)c(F)c(NC(=O)c3cscc3C(=O)NC)c(F)c2F)c1. The van der Waals surface area contributed by atoms with Crippen LogP contribution in [0.25, 0.3) is 11.1 Å². The normalized spacial score (nSPS) is 12.5. The Morgan fingerprint density at radius 2 is 1.63 bits per heavy atom. The largest absolute Gasteiger partial charge is 0.497 e. The fourth-order valence-corrected chi connectivity index (χ4v) is 3.48. The first-order valence-corrected chi connectivity index (χ1v) is 9.14. The number of ether oxygens (including phenoxy) is 1. The second-order valence-electron chi connectivity index (χ2n) is 5.87. The van der Waals surface area contributed by atoms with E-state index in [-0.39, 0.29) is 16.9 Å². The lowest BCUT2D eigenvalue weighted by molar-refractivity contribution is 0.0949. The quantitative estimate of drug-likeness (QED) is 0.450. The Hall–Kier alpha value is -3.40. The van der Waals surface area contributed by atoms with E-state index in [2.05, 4.69) is 10.1 Å². The Kier molecular flexibility index (Phi) is 4.97. The summed E-state index contributed by atoms with van der Waals surface area (Å²) in [6, 6.07) is 4.34. The molecule has 2 amide bonds. The van der Waals surface area contributed by atoms with E-state index in [0.29, 0.717) is 0 Å². The Morgan fingerprint density at radius 1 is 1.00 bits per heavy atom. The van der Waals surface area contributed by atoms with Gasteiger partial charge in [0.15, 0.2) is 23.3 Å². The number of methoxy groups -OCH3 is 1. The Bertz CT molecular complexity index is 1220. The maximum absolute atomic E-state index is 14.8. The molecule has 156 valence electrons. The minimum Gasteiger partial charge on any atom is -0.497 e. The number of halogens is 4. The molecule has 1 aromatic heterocycles. The first kappa shape index (κ1) is 17.5. The maximum Gasteiger partial charge on any atom is 0.257 e. The van der Waals surface area contributed by atoms with Crippen molar-refractivity contribution in [1.82, 2.24) is 5.32 Å². The van der Waals surface area contributed by atoms with Gasteiger partial charge in [-0.05, 0) is 17.7 Å². The van der Waals surface area contributed by atoms with Gasteiger partial charge in [0.05, 0.1) is 27.8 Å². The summed E-state index contributed by atoms with van der Waals surface area (Å²) in [5, 5.41) is 6.60. The lowest BCUT2D eigenvalue weighted by atomic mass is 10.0. The predicted octanol–water partition coefficient (Wildman–Crippen LogP) is 4.59. The fraction of sp³-hybridized carbons (Fsp3) is 0.100. The summed E-state index contributed by atoms with van der Waals surface area (Å²) >= 11 is 0.959. The van der Waals surface area contributed by atoms with Gasteiger partial charge in [0.1, 0.15) is 11.4 Å². The minimum atomic E-state index is -2.87. The smallest absolute Gasteiger partial charge is 0.257 e. The van der Waals surface area contributed by atoms with Crippen molar-refractivity contribution in [2.45, 2.75) is 0 Å². The second-order valence-corrected chi connectivity index (χ2v) is 6.61. The number of rotatable bonds is 5. The van der Waals surface area contributed by atoms with Gasteiger partial charge < -0.3 is 15.4 Å². The summed E-state index contributed by atoms with van der Waals surface area (Å²) in [4.78, 5) is 24.3. The van der Waals surface area contributed by atoms with Crippen LogP contribution >= 0.6 is 11.3 Å². The van der Waals surface area contributed by atoms with Gasteiger partial charge in [0.25, 0.3) is 11.8 Å². The summed E-state index contributed by atoms with van der Waals surface area (Å²) in [7, 11) is -1.56. The van der Waals surface area contributed by atoms with Crippen molar-refractivity contribution >= 4 is 28.8 Å². The molecule has 1 heterocycles. The first-order valence-electron chi connectivity index (χ1n) is 9.69. The van der Waals surface area contributed by atoms with Gasteiger partial charge in [-0.2, -0.15) is 11.3 Å². The van der Waals surface area contributed by atoms with Crippen LogP contribution in [0.3, 0.4) is 0 Å². The number of carbonyl (C=O) groups is 2. The molecule has 2 aromatic carbocycles. The first-order chi connectivity index (χ1) is 15.4. The summed E-state index contributed by atoms with van der Waals surface area (Å²) < 4.78 is 84.8. The second kappa shape index (κ2) is 8.54. The summed E-state index contributed by atoms with van der Waals surface area (Å²) in [6.07, 6.45) is 0. The molecule has 0 aliphatic heterocycles. The molecule has 0 saturated heterocycles. The number of amides is 2. The molecular formula is C20H14F4N2O3S. The number of hydrogen-bond donors (Lipinski definition) is 2. The molecular weight excluding hydrogens is 424 g/mol. The zero-order chi connectivity index (χ0) is 24.5. The van der Waals surface area contributed by atoms with Crippen molar-refractivity contribution < 1.29 is 36.0 Å². The molecule has 2 N–H and O–H groups in total. The van der Waals surface area contributed by atoms with Gasteiger partial charge in [-0.1, -0.05) is 12.1 Å². The van der Waals surface area contributed by atoms with E-state index in [4.69, 9.17) is 4.11 Å². The summed E-state index contributed by atoms with van der Waals surface area (Å²) in [5.41, 5.74) is -3.26. The standard InChI is InChI=1S/C20H14F4N2O3S/c1-25-19(27)11-7-30-8-12(11)20(28)26-18-16(23)14(21)13(15(22)17(18)24)9-4-3-5-10(6-9)29-2/h3-8H,1-2H3,(H,25,27)(H,26,28)/i2D3. The van der Waals surface area contributed by atoms with Crippen LogP contribution in [0.2, 0.25) is 0 Å². The van der Waals surface area contributed by atoms with Crippen LogP contribution in [-0.2, 0) is 0 Å². The Morgan fingerprint density at radius 3 is 2.23 bits per heavy atom. The van der Waals surface area contributed by atoms with E-state index in [9.17, 15) is 27.2 Å². The van der Waals surface area contributed by atoms with Crippen LogP contribution in [0, 0.1) is 23.3 Å². The molecule has 10 heteroatoms. The molecule has 0 unspecified atom stereocenters. The highest BCUT2D eigenvalue weighted by Crippen LogP contribution is 2.36. The fourth-order valence-electron chi connectivity index (χ4n) is 2.67. The number of anilines is 1. The molecule has 5 nitrogen and oxygen atoms in total. The molecule has 0 saturated carbocycles. The van der Waals surface area contributed by atoms with Crippen molar-refractivity contribution in [1.29, 1.82) is 0 Å². The van der Waals surface area contributed by atoms with Crippen molar-refractivity contribution in [3.63, 3.8) is 0 Å². The topological polar surface area (TPSA) is 67.4 Å². The number of thiophene rings is 1. The predicted molar refractivity (Wildman–Crippen MR) is 104 cm³/mol. The highest BCUT2D eigenvalue weighted by molar-refractivity contribution is 7.08. The van der Waals surface area contributed by atoms with E-state index >= 15 is 0 Å². The third-order valence-corrected chi connectivity index (χ3v) is 4.86. The van der Waals surface area contributed by atoms with E-state index in [0.717, 1.165) is 23.5 Å². The molecule has 30 heavy (non-hydrogen) atoms. The molecule has 0 radical (unpaired) electrons. The summed E-state index contributed by atoms with van der Waals surface area (Å²) in [6.45, 7) is 0. The molecule has 0 spiro atoms. The van der Waals surface area contributed by atoms with E-state index < -0.39 is 58.9 Å². The van der Waals surface area contributed by atoms with Crippen molar-refractivity contribution in [3.05, 3.63) is 69.4 Å². The molecule has 0 bridgehead atoms. The van der Waals surface area contributed by atoms with Gasteiger partial charge in [-0.15, -0.1) is 0 Å². The molecule has 0 fully saturated rings. The molecule has 0 aliphatic rings. The number of nitrogens with one attached hydrogen (secondary N) is 2. The van der Waals surface area contributed by atoms with Crippen LogP contribution in [-0.4, -0.2) is 25.9 Å². The lowest BCUT2D eigenvalue weighted by Gasteiger charge is -2.14. The number of hydrogen-bond acceptors (Lipinski definition) is 4. The van der Waals surface area contributed by atoms with Crippen molar-refractivity contribution in [2.24, 2.45) is 0 Å². The van der Waals surface area contributed by atoms with Crippen LogP contribution in [0.1, 0.15) is 24.8 Å². The molecule has 3 rings (SSSR count). The van der Waals surface area contributed by atoms with Crippen LogP contribution < -0.4 is 15.4 Å². The van der Waals surface area contributed by atoms with Crippen molar-refractivity contribution in [2.75, 3.05) is 19.4 Å². The van der Waals surface area contributed by atoms with Gasteiger partial charge in [-0.3, -0.25) is 9.59 Å². The Balaban J connectivity index is 2.02. The van der Waals surface area contributed by atoms with Crippen LogP contribution in [0.5, 0.6) is 5.75 Å². The van der Waals surface area contributed by atoms with Gasteiger partial charge >= 0.3 is 0 Å². The molecule has 0 aliphatic carbocycles. The average Bonchev–Trinajstić information content (AvgIpc) is 3.24. The summed E-state index contributed by atoms with van der Waals surface area (Å²) in [5.74, 6) is -9.56. The molecule has 0 atom stereocenters. The maximum atomic E-state index is 14.8. The zero-order valence-corrected chi connectivity index (χ0v) is 15.9. The number of benzene rings is 2. The average molecular weight is 441 g/mol. The van der Waals surface area contributed by atoms with Crippen LogP contribution in [0.4, 0.5) is 23.2 Å². The van der Waals surface area contributed by atoms with Crippen molar-refractivity contribution in [3.8, 4) is 16.9 Å². The lowest BCUT2D eigenvalue weighted by Crippen LogP contribution is -2.23. The highest BCUT2D eigenvalue weighted by Gasteiger charge is 2.28. The van der Waals surface area contributed by atoms with E-state index in [1.54, 1.807) is 5.32 Å². The van der Waals surface area contributed by atoms with Gasteiger partial charge in [0.2, 0.25) is 0 Å². The third-order valence-electron chi connectivity index (χ3n) is 4.12. The van der Waals surface area contributed by atoms with E-state index in [1.807, 2.05) is 0 Å². The Labute approximate surface area is 176 Å². The van der Waals surface area contributed by atoms with E-state index in [1.165, 1.54) is 29.9 Å². The third kappa shape index (κ3) is 3.73. The zero-order valence-electron chi connectivity index (χ0n) is 18.1. The monoisotopic (exact) mass is 441 g/mol.